The first-order valence-electron chi connectivity index (χ1n) is 8.57. The second-order valence-electron chi connectivity index (χ2n) is 6.49. The number of benzene rings is 2. The van der Waals surface area contributed by atoms with E-state index in [9.17, 15) is 13.2 Å². The molecule has 0 unspecified atom stereocenters. The van der Waals surface area contributed by atoms with E-state index < -0.39 is 10.0 Å². The van der Waals surface area contributed by atoms with Crippen molar-refractivity contribution in [2.24, 2.45) is 0 Å². The summed E-state index contributed by atoms with van der Waals surface area (Å²) in [6, 6.07) is 11.9. The Morgan fingerprint density at radius 3 is 2.35 bits per heavy atom. The molecule has 0 radical (unpaired) electrons. The van der Waals surface area contributed by atoms with Crippen LogP contribution < -0.4 is 10.0 Å². The van der Waals surface area contributed by atoms with Crippen molar-refractivity contribution in [2.45, 2.75) is 18.7 Å². The molecule has 1 saturated heterocycles. The number of amides is 1. The summed E-state index contributed by atoms with van der Waals surface area (Å²) in [7, 11) is -3.67. The number of carbonyl (C=O) groups is 1. The lowest BCUT2D eigenvalue weighted by molar-refractivity contribution is 0.0736. The van der Waals surface area contributed by atoms with Gasteiger partial charge in [0.2, 0.25) is 0 Å². The van der Waals surface area contributed by atoms with Gasteiger partial charge in [-0.15, -0.1) is 0 Å². The Morgan fingerprint density at radius 2 is 1.69 bits per heavy atom. The van der Waals surface area contributed by atoms with Gasteiger partial charge in [0, 0.05) is 37.4 Å². The number of aryl methyl sites for hydroxylation is 2. The van der Waals surface area contributed by atoms with Gasteiger partial charge in [-0.05, 0) is 55.3 Å². The number of hydrogen-bond donors (Lipinski definition) is 2. The zero-order valence-electron chi connectivity index (χ0n) is 15.0. The Labute approximate surface area is 154 Å². The standard InChI is InChI=1S/C19H23N3O3S/c1-14-3-4-15(2)18(13-14)26(24,25)21-17-7-5-16(6-8-17)19(23)22-11-9-20-10-12-22/h3-8,13,20-21H,9-12H2,1-2H3. The Balaban J connectivity index is 1.76. The third kappa shape index (κ3) is 4.05. The number of nitrogens with one attached hydrogen (secondary N) is 2. The first kappa shape index (κ1) is 18.4. The van der Waals surface area contributed by atoms with E-state index in [-0.39, 0.29) is 10.8 Å². The first-order valence-corrected chi connectivity index (χ1v) is 10.1. The van der Waals surface area contributed by atoms with Crippen molar-refractivity contribution in [2.75, 3.05) is 30.9 Å². The summed E-state index contributed by atoms with van der Waals surface area (Å²) in [6.45, 7) is 6.57. The molecule has 0 spiro atoms. The molecule has 2 aromatic carbocycles. The fourth-order valence-corrected chi connectivity index (χ4v) is 4.33. The molecule has 1 amide bonds. The van der Waals surface area contributed by atoms with E-state index in [4.69, 9.17) is 0 Å². The molecule has 2 aromatic rings. The highest BCUT2D eigenvalue weighted by Crippen LogP contribution is 2.21. The van der Waals surface area contributed by atoms with Crippen LogP contribution in [0, 0.1) is 13.8 Å². The fraction of sp³-hybridized carbons (Fsp3) is 0.316. The molecule has 7 heteroatoms. The number of carbonyl (C=O) groups excluding carboxylic acids is 1. The van der Waals surface area contributed by atoms with Gasteiger partial charge in [0.05, 0.1) is 4.90 Å². The zero-order valence-corrected chi connectivity index (χ0v) is 15.8. The number of hydrogen-bond acceptors (Lipinski definition) is 4. The van der Waals surface area contributed by atoms with E-state index in [1.165, 1.54) is 0 Å². The van der Waals surface area contributed by atoms with E-state index in [2.05, 4.69) is 10.0 Å². The normalized spacial score (nSPS) is 14.9. The summed E-state index contributed by atoms with van der Waals surface area (Å²) in [4.78, 5) is 14.5. The quantitative estimate of drug-likeness (QED) is 0.861. The van der Waals surface area contributed by atoms with Gasteiger partial charge >= 0.3 is 0 Å². The van der Waals surface area contributed by atoms with Crippen LogP contribution in [-0.4, -0.2) is 45.4 Å². The summed E-state index contributed by atoms with van der Waals surface area (Å²) in [5.74, 6) is -0.0320. The van der Waals surface area contributed by atoms with Crippen molar-refractivity contribution >= 4 is 21.6 Å². The summed E-state index contributed by atoms with van der Waals surface area (Å²) in [6.07, 6.45) is 0. The predicted octanol–water partition coefficient (Wildman–Crippen LogP) is 2.15. The van der Waals surface area contributed by atoms with Gasteiger partial charge in [-0.3, -0.25) is 9.52 Å². The average Bonchev–Trinajstić information content (AvgIpc) is 2.64. The predicted molar refractivity (Wildman–Crippen MR) is 102 cm³/mol. The van der Waals surface area contributed by atoms with Crippen LogP contribution in [0.15, 0.2) is 47.4 Å². The Kier molecular flexibility index (Phi) is 5.29. The van der Waals surface area contributed by atoms with Crippen LogP contribution in [0.4, 0.5) is 5.69 Å². The topological polar surface area (TPSA) is 78.5 Å². The van der Waals surface area contributed by atoms with Gasteiger partial charge in [-0.25, -0.2) is 8.42 Å². The Hall–Kier alpha value is -2.38. The molecule has 2 N–H and O–H groups in total. The maximum Gasteiger partial charge on any atom is 0.262 e. The van der Waals surface area contributed by atoms with Gasteiger partial charge < -0.3 is 10.2 Å². The summed E-state index contributed by atoms with van der Waals surface area (Å²) in [5.41, 5.74) is 2.56. The summed E-state index contributed by atoms with van der Waals surface area (Å²) < 4.78 is 27.9. The summed E-state index contributed by atoms with van der Waals surface area (Å²) >= 11 is 0. The number of anilines is 1. The van der Waals surface area contributed by atoms with Crippen LogP contribution in [0.3, 0.4) is 0 Å². The Morgan fingerprint density at radius 1 is 1.04 bits per heavy atom. The molecule has 26 heavy (non-hydrogen) atoms. The Bertz CT molecular complexity index is 902. The van der Waals surface area contributed by atoms with Crippen molar-refractivity contribution in [1.29, 1.82) is 0 Å². The molecule has 3 rings (SSSR count). The van der Waals surface area contributed by atoms with Crippen molar-refractivity contribution in [3.8, 4) is 0 Å². The molecule has 0 aromatic heterocycles. The lowest BCUT2D eigenvalue weighted by Gasteiger charge is -2.27. The first-order chi connectivity index (χ1) is 12.4. The average molecular weight is 373 g/mol. The molecule has 0 atom stereocenters. The van der Waals surface area contributed by atoms with Gasteiger partial charge in [0.1, 0.15) is 0 Å². The molecular formula is C19H23N3O3S. The maximum atomic E-state index is 12.6. The molecule has 138 valence electrons. The third-order valence-corrected chi connectivity index (χ3v) is 5.94. The largest absolute Gasteiger partial charge is 0.336 e. The summed E-state index contributed by atoms with van der Waals surface area (Å²) in [5, 5.41) is 3.21. The lowest BCUT2D eigenvalue weighted by atomic mass is 10.1. The smallest absolute Gasteiger partial charge is 0.262 e. The molecule has 1 fully saturated rings. The number of rotatable bonds is 4. The molecule has 1 heterocycles. The highest BCUT2D eigenvalue weighted by atomic mass is 32.2. The van der Waals surface area contributed by atoms with Crippen molar-refractivity contribution in [3.63, 3.8) is 0 Å². The molecule has 0 bridgehead atoms. The van der Waals surface area contributed by atoms with Gasteiger partial charge in [-0.1, -0.05) is 12.1 Å². The van der Waals surface area contributed by atoms with Crippen molar-refractivity contribution < 1.29 is 13.2 Å². The van der Waals surface area contributed by atoms with Gasteiger partial charge in [-0.2, -0.15) is 0 Å². The number of piperazine rings is 1. The number of nitrogens with zero attached hydrogens (tertiary/aromatic N) is 1. The van der Waals surface area contributed by atoms with E-state index >= 15 is 0 Å². The van der Waals surface area contributed by atoms with E-state index in [0.29, 0.717) is 29.9 Å². The van der Waals surface area contributed by atoms with Crippen LogP contribution >= 0.6 is 0 Å². The fourth-order valence-electron chi connectivity index (χ4n) is 2.94. The minimum atomic E-state index is -3.67. The van der Waals surface area contributed by atoms with Crippen LogP contribution in [0.5, 0.6) is 0 Å². The highest BCUT2D eigenvalue weighted by molar-refractivity contribution is 7.92. The highest BCUT2D eigenvalue weighted by Gasteiger charge is 2.19. The second kappa shape index (κ2) is 7.47. The van der Waals surface area contributed by atoms with Gasteiger partial charge in [0.25, 0.3) is 15.9 Å². The van der Waals surface area contributed by atoms with Crippen LogP contribution in [0.2, 0.25) is 0 Å². The van der Waals surface area contributed by atoms with E-state index in [1.54, 1.807) is 48.2 Å². The molecule has 6 nitrogen and oxygen atoms in total. The molecule has 1 aliphatic heterocycles. The zero-order chi connectivity index (χ0) is 18.7. The van der Waals surface area contributed by atoms with E-state index in [1.807, 2.05) is 13.0 Å². The molecule has 1 aliphatic rings. The second-order valence-corrected chi connectivity index (χ2v) is 8.14. The van der Waals surface area contributed by atoms with Crippen molar-refractivity contribution in [1.82, 2.24) is 10.2 Å². The monoisotopic (exact) mass is 373 g/mol. The molecule has 0 aliphatic carbocycles. The third-order valence-electron chi connectivity index (χ3n) is 4.42. The van der Waals surface area contributed by atoms with Crippen molar-refractivity contribution in [3.05, 3.63) is 59.2 Å². The molecular weight excluding hydrogens is 350 g/mol. The van der Waals surface area contributed by atoms with Crippen LogP contribution in [0.25, 0.3) is 0 Å². The number of sulfonamides is 1. The molecule has 0 saturated carbocycles. The van der Waals surface area contributed by atoms with Gasteiger partial charge in [0.15, 0.2) is 0 Å². The lowest BCUT2D eigenvalue weighted by Crippen LogP contribution is -2.46. The van der Waals surface area contributed by atoms with Crippen LogP contribution in [0.1, 0.15) is 21.5 Å². The minimum Gasteiger partial charge on any atom is -0.336 e. The SMILES string of the molecule is Cc1ccc(C)c(S(=O)(=O)Nc2ccc(C(=O)N3CCNCC3)cc2)c1. The minimum absolute atomic E-state index is 0.0320. The maximum absolute atomic E-state index is 12.6. The van der Waals surface area contributed by atoms with Crippen LogP contribution in [-0.2, 0) is 10.0 Å². The van der Waals surface area contributed by atoms with E-state index in [0.717, 1.165) is 18.7 Å².